The molecular formula is C23H25N3O3S. The minimum Gasteiger partial charge on any atom is -0.497 e. The maximum Gasteiger partial charge on any atom is 0.252 e. The van der Waals surface area contributed by atoms with Crippen LogP contribution in [0.5, 0.6) is 5.75 Å². The molecular weight excluding hydrogens is 398 g/mol. The Bertz CT molecular complexity index is 1010. The molecule has 0 spiro atoms. The van der Waals surface area contributed by atoms with Gasteiger partial charge in [0.25, 0.3) is 5.91 Å². The normalized spacial score (nSPS) is 15.0. The molecule has 0 radical (unpaired) electrons. The van der Waals surface area contributed by atoms with Crippen LogP contribution in [0.4, 0.5) is 5.13 Å². The Hall–Kier alpha value is -2.74. The molecule has 0 unspecified atom stereocenters. The van der Waals surface area contributed by atoms with E-state index in [1.807, 2.05) is 54.6 Å². The highest BCUT2D eigenvalue weighted by molar-refractivity contribution is 7.22. The average Bonchev–Trinajstić information content (AvgIpc) is 3.22. The van der Waals surface area contributed by atoms with Crippen LogP contribution in [0, 0.1) is 0 Å². The number of anilines is 1. The Labute approximate surface area is 180 Å². The average molecular weight is 424 g/mol. The number of hydrogen-bond donors (Lipinski definition) is 0. The topological polar surface area (TPSA) is 54.9 Å². The van der Waals surface area contributed by atoms with Crippen LogP contribution in [0.3, 0.4) is 0 Å². The number of fused-ring (bicyclic) bond motifs is 1. The Morgan fingerprint density at radius 3 is 2.80 bits per heavy atom. The van der Waals surface area contributed by atoms with E-state index >= 15 is 0 Å². The zero-order valence-electron chi connectivity index (χ0n) is 17.0. The largest absolute Gasteiger partial charge is 0.497 e. The number of morpholine rings is 1. The van der Waals surface area contributed by atoms with Crippen LogP contribution in [0.1, 0.15) is 5.56 Å². The van der Waals surface area contributed by atoms with E-state index in [9.17, 15) is 4.79 Å². The van der Waals surface area contributed by atoms with Crippen LogP contribution in [0.25, 0.3) is 16.3 Å². The summed E-state index contributed by atoms with van der Waals surface area (Å²) in [5.41, 5.74) is 1.83. The van der Waals surface area contributed by atoms with Crippen molar-refractivity contribution in [3.05, 3.63) is 60.2 Å². The van der Waals surface area contributed by atoms with Gasteiger partial charge in [-0.2, -0.15) is 0 Å². The summed E-state index contributed by atoms with van der Waals surface area (Å²) in [5, 5.41) is 0.703. The first-order chi connectivity index (χ1) is 14.7. The Morgan fingerprint density at radius 2 is 2.03 bits per heavy atom. The van der Waals surface area contributed by atoms with Crippen molar-refractivity contribution in [2.24, 2.45) is 0 Å². The minimum absolute atomic E-state index is 0.0712. The molecule has 156 valence electrons. The third-order valence-corrected chi connectivity index (χ3v) is 6.10. The van der Waals surface area contributed by atoms with Gasteiger partial charge in [0.2, 0.25) is 0 Å². The fourth-order valence-electron chi connectivity index (χ4n) is 3.33. The summed E-state index contributed by atoms with van der Waals surface area (Å²) in [5.74, 6) is 0.688. The molecule has 1 fully saturated rings. The second-order valence-corrected chi connectivity index (χ2v) is 8.03. The zero-order valence-corrected chi connectivity index (χ0v) is 17.8. The first kappa shape index (κ1) is 20.5. The van der Waals surface area contributed by atoms with E-state index in [4.69, 9.17) is 14.5 Å². The van der Waals surface area contributed by atoms with E-state index in [-0.39, 0.29) is 5.91 Å². The van der Waals surface area contributed by atoms with Gasteiger partial charge in [-0.3, -0.25) is 14.6 Å². The van der Waals surface area contributed by atoms with E-state index in [1.54, 1.807) is 18.1 Å². The lowest BCUT2D eigenvalue weighted by Crippen LogP contribution is -2.42. The van der Waals surface area contributed by atoms with Crippen molar-refractivity contribution in [3.63, 3.8) is 0 Å². The molecule has 1 amide bonds. The van der Waals surface area contributed by atoms with Gasteiger partial charge in [-0.15, -0.1) is 0 Å². The molecule has 4 rings (SSSR count). The highest BCUT2D eigenvalue weighted by atomic mass is 32.1. The molecule has 0 saturated carbocycles. The molecule has 2 aromatic carbocycles. The van der Waals surface area contributed by atoms with E-state index in [1.165, 1.54) is 11.3 Å². The minimum atomic E-state index is -0.0712. The predicted molar refractivity (Wildman–Crippen MR) is 121 cm³/mol. The Balaban J connectivity index is 1.57. The van der Waals surface area contributed by atoms with E-state index < -0.39 is 0 Å². The van der Waals surface area contributed by atoms with Crippen LogP contribution in [-0.2, 0) is 9.53 Å². The Morgan fingerprint density at radius 1 is 1.23 bits per heavy atom. The van der Waals surface area contributed by atoms with Crippen molar-refractivity contribution in [2.75, 3.05) is 51.4 Å². The fourth-order valence-corrected chi connectivity index (χ4v) is 4.30. The third kappa shape index (κ3) is 5.05. The standard InChI is InChI=1S/C23H25N3O3S/c1-28-19-8-9-21-20(17-19)24-23(30-21)26(12-11-25-13-15-29-16-14-25)22(27)10-7-18-5-3-2-4-6-18/h2-10,17H,11-16H2,1H3/b10-7+. The summed E-state index contributed by atoms with van der Waals surface area (Å²) in [6.45, 7) is 4.62. The van der Waals surface area contributed by atoms with Crippen molar-refractivity contribution in [2.45, 2.75) is 0 Å². The zero-order chi connectivity index (χ0) is 20.8. The maximum atomic E-state index is 13.1. The lowest BCUT2D eigenvalue weighted by molar-refractivity contribution is -0.114. The molecule has 7 heteroatoms. The Kier molecular flexibility index (Phi) is 6.74. The quantitative estimate of drug-likeness (QED) is 0.543. The highest BCUT2D eigenvalue weighted by Crippen LogP contribution is 2.31. The molecule has 1 aliphatic heterocycles. The highest BCUT2D eigenvalue weighted by Gasteiger charge is 2.20. The molecule has 30 heavy (non-hydrogen) atoms. The smallest absolute Gasteiger partial charge is 0.252 e. The number of aromatic nitrogens is 1. The number of nitrogens with zero attached hydrogens (tertiary/aromatic N) is 3. The van der Waals surface area contributed by atoms with Gasteiger partial charge < -0.3 is 9.47 Å². The molecule has 1 aliphatic rings. The van der Waals surface area contributed by atoms with Gasteiger partial charge in [-0.05, 0) is 23.8 Å². The van der Waals surface area contributed by atoms with Crippen LogP contribution >= 0.6 is 11.3 Å². The fraction of sp³-hybridized carbons (Fsp3) is 0.304. The van der Waals surface area contributed by atoms with Gasteiger partial charge in [0.15, 0.2) is 5.13 Å². The lowest BCUT2D eigenvalue weighted by atomic mass is 10.2. The SMILES string of the molecule is COc1ccc2sc(N(CCN3CCOCC3)C(=O)/C=C/c3ccccc3)nc2c1. The lowest BCUT2D eigenvalue weighted by Gasteiger charge is -2.28. The van der Waals surface area contributed by atoms with Crippen LogP contribution in [-0.4, -0.2) is 62.3 Å². The molecule has 1 saturated heterocycles. The van der Waals surface area contributed by atoms with Crippen molar-refractivity contribution in [3.8, 4) is 5.75 Å². The first-order valence-electron chi connectivity index (χ1n) is 10.0. The number of ether oxygens (including phenoxy) is 2. The number of hydrogen-bond acceptors (Lipinski definition) is 6. The van der Waals surface area contributed by atoms with Crippen molar-refractivity contribution >= 4 is 38.7 Å². The maximum absolute atomic E-state index is 13.1. The second kappa shape index (κ2) is 9.84. The predicted octanol–water partition coefficient (Wildman–Crippen LogP) is 3.68. The number of carbonyl (C=O) groups excluding carboxylic acids is 1. The number of benzene rings is 2. The second-order valence-electron chi connectivity index (χ2n) is 7.02. The molecule has 2 heterocycles. The number of rotatable bonds is 7. The molecule has 1 aromatic heterocycles. The molecule has 3 aromatic rings. The summed E-state index contributed by atoms with van der Waals surface area (Å²) >= 11 is 1.52. The van der Waals surface area contributed by atoms with Crippen LogP contribution in [0.15, 0.2) is 54.6 Å². The number of methoxy groups -OCH3 is 1. The van der Waals surface area contributed by atoms with Gasteiger partial charge in [-0.1, -0.05) is 41.7 Å². The van der Waals surface area contributed by atoms with Gasteiger partial charge in [0, 0.05) is 38.3 Å². The first-order valence-corrected chi connectivity index (χ1v) is 10.8. The summed E-state index contributed by atoms with van der Waals surface area (Å²) in [7, 11) is 1.64. The number of carbonyl (C=O) groups is 1. The molecule has 0 N–H and O–H groups in total. The summed E-state index contributed by atoms with van der Waals surface area (Å²) in [6, 6.07) is 15.6. The number of amides is 1. The monoisotopic (exact) mass is 423 g/mol. The van der Waals surface area contributed by atoms with Gasteiger partial charge in [0.1, 0.15) is 5.75 Å². The van der Waals surface area contributed by atoms with Crippen molar-refractivity contribution in [1.29, 1.82) is 0 Å². The summed E-state index contributed by atoms with van der Waals surface area (Å²) in [4.78, 5) is 21.9. The van der Waals surface area contributed by atoms with E-state index in [0.717, 1.165) is 54.4 Å². The van der Waals surface area contributed by atoms with Crippen LogP contribution in [0.2, 0.25) is 0 Å². The van der Waals surface area contributed by atoms with E-state index in [2.05, 4.69) is 4.90 Å². The van der Waals surface area contributed by atoms with Crippen molar-refractivity contribution < 1.29 is 14.3 Å². The molecule has 0 aliphatic carbocycles. The molecule has 0 bridgehead atoms. The van der Waals surface area contributed by atoms with E-state index in [0.29, 0.717) is 11.7 Å². The molecule has 6 nitrogen and oxygen atoms in total. The van der Waals surface area contributed by atoms with Crippen molar-refractivity contribution in [1.82, 2.24) is 9.88 Å². The molecule has 0 atom stereocenters. The summed E-state index contributed by atoms with van der Waals surface area (Å²) in [6.07, 6.45) is 3.47. The summed E-state index contributed by atoms with van der Waals surface area (Å²) < 4.78 is 11.8. The van der Waals surface area contributed by atoms with Crippen LogP contribution < -0.4 is 9.64 Å². The number of thiazole rings is 1. The van der Waals surface area contributed by atoms with Gasteiger partial charge in [-0.25, -0.2) is 4.98 Å². The third-order valence-electron chi connectivity index (χ3n) is 5.04. The van der Waals surface area contributed by atoms with Gasteiger partial charge >= 0.3 is 0 Å². The van der Waals surface area contributed by atoms with Gasteiger partial charge in [0.05, 0.1) is 30.5 Å².